The molecule has 11 heteroatoms. The Labute approximate surface area is 210 Å². The van der Waals surface area contributed by atoms with Crippen molar-refractivity contribution in [2.75, 3.05) is 11.4 Å². The van der Waals surface area contributed by atoms with Crippen LogP contribution in [0.2, 0.25) is 5.02 Å². The Morgan fingerprint density at radius 3 is 2.71 bits per heavy atom. The molecule has 1 unspecified atom stereocenters. The summed E-state index contributed by atoms with van der Waals surface area (Å²) in [4.78, 5) is 24.3. The lowest BCUT2D eigenvalue weighted by Crippen LogP contribution is -2.47. The average Bonchev–Trinajstić information content (AvgIpc) is 3.50. The predicted octanol–water partition coefficient (Wildman–Crippen LogP) is 4.87. The number of anilines is 1. The van der Waals surface area contributed by atoms with Gasteiger partial charge in [-0.05, 0) is 67.4 Å². The van der Waals surface area contributed by atoms with Gasteiger partial charge in [-0.1, -0.05) is 29.0 Å². The molecule has 0 N–H and O–H groups in total. The molecule has 0 aliphatic carbocycles. The molecule has 1 aliphatic heterocycles. The molecule has 1 aliphatic rings. The fourth-order valence-corrected chi connectivity index (χ4v) is 6.86. The summed E-state index contributed by atoms with van der Waals surface area (Å²) < 4.78 is 42.4. The van der Waals surface area contributed by atoms with Gasteiger partial charge in [0.05, 0.1) is 27.4 Å². The maximum atomic E-state index is 13.9. The smallest absolute Gasteiger partial charge is 0.247 e. The number of thiazole rings is 1. The van der Waals surface area contributed by atoms with Gasteiger partial charge in [0.15, 0.2) is 5.13 Å². The number of amides is 1. The topological polar surface area (TPSA) is 83.5 Å². The van der Waals surface area contributed by atoms with E-state index >= 15 is 0 Å². The zero-order chi connectivity index (χ0) is 24.6. The summed E-state index contributed by atoms with van der Waals surface area (Å²) >= 11 is 7.10. The fourth-order valence-electron chi connectivity index (χ4n) is 4.09. The number of aromatic nitrogens is 2. The largest absolute Gasteiger partial charge is 0.281 e. The Kier molecular flexibility index (Phi) is 6.54. The number of hydrogen-bond donors (Lipinski definition) is 0. The molecule has 0 spiro atoms. The van der Waals surface area contributed by atoms with E-state index in [4.69, 9.17) is 11.6 Å². The third-order valence-corrected chi connectivity index (χ3v) is 9.01. The third-order valence-electron chi connectivity index (χ3n) is 5.79. The molecule has 7 nitrogen and oxygen atoms in total. The van der Waals surface area contributed by atoms with Crippen LogP contribution in [0.15, 0.2) is 71.8 Å². The van der Waals surface area contributed by atoms with E-state index in [1.807, 2.05) is 6.07 Å². The second kappa shape index (κ2) is 9.62. The Morgan fingerprint density at radius 2 is 1.97 bits per heavy atom. The molecule has 0 bridgehead atoms. The molecule has 2 aromatic heterocycles. The number of rotatable bonds is 6. The van der Waals surface area contributed by atoms with Gasteiger partial charge in [-0.2, -0.15) is 4.31 Å². The fraction of sp³-hybridized carbons (Fsp3) is 0.208. The van der Waals surface area contributed by atoms with E-state index in [0.717, 1.165) is 0 Å². The van der Waals surface area contributed by atoms with Crippen molar-refractivity contribution in [3.8, 4) is 0 Å². The van der Waals surface area contributed by atoms with Crippen molar-refractivity contribution in [1.82, 2.24) is 14.3 Å². The standard InChI is InChI=1S/C24H20ClFN4O3S2/c25-16-6-9-19(10-7-16)35(32,33)30-13-3-5-21(30)23(31)29(15-18-4-1-2-12-27-18)24-28-20-11-8-17(26)14-22(20)34-24/h1-2,4,6-12,14,21H,3,5,13,15H2. The van der Waals surface area contributed by atoms with Crippen LogP contribution in [0.4, 0.5) is 9.52 Å². The van der Waals surface area contributed by atoms with Gasteiger partial charge in [-0.25, -0.2) is 17.8 Å². The van der Waals surface area contributed by atoms with E-state index in [1.165, 1.54) is 56.9 Å². The second-order valence-electron chi connectivity index (χ2n) is 8.08. The lowest BCUT2D eigenvalue weighted by Gasteiger charge is -2.28. The van der Waals surface area contributed by atoms with Gasteiger partial charge >= 0.3 is 0 Å². The molecule has 3 heterocycles. The van der Waals surface area contributed by atoms with Crippen LogP contribution >= 0.6 is 22.9 Å². The molecular weight excluding hydrogens is 511 g/mol. The number of carbonyl (C=O) groups is 1. The molecule has 180 valence electrons. The molecular formula is C24H20ClFN4O3S2. The summed E-state index contributed by atoms with van der Waals surface area (Å²) in [6.07, 6.45) is 2.55. The van der Waals surface area contributed by atoms with Crippen LogP contribution in [-0.4, -0.2) is 41.2 Å². The van der Waals surface area contributed by atoms with Gasteiger partial charge < -0.3 is 0 Å². The molecule has 4 aromatic rings. The summed E-state index contributed by atoms with van der Waals surface area (Å²) in [6.45, 7) is 0.331. The highest BCUT2D eigenvalue weighted by atomic mass is 35.5. The highest BCUT2D eigenvalue weighted by Gasteiger charge is 2.42. The van der Waals surface area contributed by atoms with Crippen LogP contribution in [-0.2, 0) is 21.4 Å². The molecule has 1 amide bonds. The predicted molar refractivity (Wildman–Crippen MR) is 133 cm³/mol. The molecule has 1 atom stereocenters. The van der Waals surface area contributed by atoms with Crippen LogP contribution in [0, 0.1) is 5.82 Å². The quantitative estimate of drug-likeness (QED) is 0.355. The first-order valence-electron chi connectivity index (χ1n) is 10.9. The van der Waals surface area contributed by atoms with E-state index in [2.05, 4.69) is 9.97 Å². The number of hydrogen-bond acceptors (Lipinski definition) is 6. The van der Waals surface area contributed by atoms with Gasteiger partial charge in [-0.15, -0.1) is 0 Å². The lowest BCUT2D eigenvalue weighted by molar-refractivity contribution is -0.121. The van der Waals surface area contributed by atoms with Crippen LogP contribution in [0.3, 0.4) is 0 Å². The van der Waals surface area contributed by atoms with Crippen LogP contribution in [0.25, 0.3) is 10.2 Å². The zero-order valence-corrected chi connectivity index (χ0v) is 20.7. The van der Waals surface area contributed by atoms with E-state index in [9.17, 15) is 17.6 Å². The minimum Gasteiger partial charge on any atom is -0.281 e. The number of halogens is 2. The summed E-state index contributed by atoms with van der Waals surface area (Å²) in [5, 5.41) is 0.781. The van der Waals surface area contributed by atoms with E-state index in [0.29, 0.717) is 38.9 Å². The Bertz CT molecular complexity index is 1480. The molecule has 0 radical (unpaired) electrons. The van der Waals surface area contributed by atoms with Crippen molar-refractivity contribution in [3.05, 3.63) is 83.4 Å². The maximum absolute atomic E-state index is 13.9. The molecule has 1 saturated heterocycles. The van der Waals surface area contributed by atoms with Crippen molar-refractivity contribution in [3.63, 3.8) is 0 Å². The Balaban J connectivity index is 1.52. The van der Waals surface area contributed by atoms with Gasteiger partial charge in [-0.3, -0.25) is 14.7 Å². The molecule has 0 saturated carbocycles. The maximum Gasteiger partial charge on any atom is 0.247 e. The van der Waals surface area contributed by atoms with Crippen molar-refractivity contribution >= 4 is 54.2 Å². The van der Waals surface area contributed by atoms with E-state index in [-0.39, 0.29) is 18.0 Å². The highest BCUT2D eigenvalue weighted by Crippen LogP contribution is 2.34. The van der Waals surface area contributed by atoms with E-state index in [1.54, 1.807) is 24.4 Å². The third kappa shape index (κ3) is 4.79. The number of sulfonamides is 1. The summed E-state index contributed by atoms with van der Waals surface area (Å²) in [5.41, 5.74) is 1.18. The summed E-state index contributed by atoms with van der Waals surface area (Å²) in [6, 6.07) is 14.6. The van der Waals surface area contributed by atoms with Crippen molar-refractivity contribution < 1.29 is 17.6 Å². The average molecular weight is 531 g/mol. The first-order valence-corrected chi connectivity index (χ1v) is 13.5. The number of carbonyl (C=O) groups excluding carboxylic acids is 1. The Hall–Kier alpha value is -2.92. The number of fused-ring (bicyclic) bond motifs is 1. The van der Waals surface area contributed by atoms with E-state index < -0.39 is 27.8 Å². The van der Waals surface area contributed by atoms with Gasteiger partial charge in [0.2, 0.25) is 15.9 Å². The lowest BCUT2D eigenvalue weighted by atomic mass is 10.2. The van der Waals surface area contributed by atoms with Gasteiger partial charge in [0, 0.05) is 17.8 Å². The van der Waals surface area contributed by atoms with Gasteiger partial charge in [0.25, 0.3) is 0 Å². The van der Waals surface area contributed by atoms with Crippen molar-refractivity contribution in [2.24, 2.45) is 0 Å². The Morgan fingerprint density at radius 1 is 1.17 bits per heavy atom. The first-order chi connectivity index (χ1) is 16.8. The zero-order valence-electron chi connectivity index (χ0n) is 18.3. The number of nitrogens with zero attached hydrogens (tertiary/aromatic N) is 4. The second-order valence-corrected chi connectivity index (χ2v) is 11.4. The highest BCUT2D eigenvalue weighted by molar-refractivity contribution is 7.89. The van der Waals surface area contributed by atoms with Crippen molar-refractivity contribution in [2.45, 2.75) is 30.3 Å². The molecule has 2 aromatic carbocycles. The van der Waals surface area contributed by atoms with Crippen LogP contribution in [0.5, 0.6) is 0 Å². The minimum absolute atomic E-state index is 0.0772. The minimum atomic E-state index is -3.92. The normalized spacial score (nSPS) is 16.6. The first kappa shape index (κ1) is 23.8. The summed E-state index contributed by atoms with van der Waals surface area (Å²) in [7, 11) is -3.92. The van der Waals surface area contributed by atoms with Crippen LogP contribution in [0.1, 0.15) is 18.5 Å². The van der Waals surface area contributed by atoms with Crippen LogP contribution < -0.4 is 4.90 Å². The molecule has 1 fully saturated rings. The monoisotopic (exact) mass is 530 g/mol. The summed E-state index contributed by atoms with van der Waals surface area (Å²) in [5.74, 6) is -0.795. The van der Waals surface area contributed by atoms with Gasteiger partial charge in [0.1, 0.15) is 11.9 Å². The SMILES string of the molecule is O=C(C1CCCN1S(=O)(=O)c1ccc(Cl)cc1)N(Cc1ccccn1)c1nc2ccc(F)cc2s1. The number of benzene rings is 2. The molecule has 35 heavy (non-hydrogen) atoms. The number of pyridine rings is 1. The van der Waals surface area contributed by atoms with Crippen molar-refractivity contribution in [1.29, 1.82) is 0 Å². The molecule has 5 rings (SSSR count).